The summed E-state index contributed by atoms with van der Waals surface area (Å²) in [6, 6.07) is 0. The monoisotopic (exact) mass is 174 g/mol. The summed E-state index contributed by atoms with van der Waals surface area (Å²) in [5.74, 6) is 0. The van der Waals surface area contributed by atoms with Crippen molar-refractivity contribution in [2.24, 2.45) is 0 Å². The van der Waals surface area contributed by atoms with E-state index in [9.17, 15) is 0 Å². The molecule has 1 unspecified atom stereocenters. The zero-order chi connectivity index (χ0) is 9.61. The first-order valence-electron chi connectivity index (χ1n) is 4.08. The lowest BCUT2D eigenvalue weighted by atomic mass is 10.2. The Labute approximate surface area is 74.2 Å². The fraction of sp³-hybridized carbons (Fsp3) is 0.778. The van der Waals surface area contributed by atoms with E-state index in [1.54, 1.807) is 6.08 Å². The van der Waals surface area contributed by atoms with Gasteiger partial charge in [0.25, 0.3) is 0 Å². The maximum Gasteiger partial charge on any atom is 0.210 e. The third-order valence-electron chi connectivity index (χ3n) is 0.916. The van der Waals surface area contributed by atoms with Gasteiger partial charge in [0.05, 0.1) is 5.60 Å². The second kappa shape index (κ2) is 5.30. The Morgan fingerprint density at radius 3 is 2.33 bits per heavy atom. The third kappa shape index (κ3) is 6.34. The van der Waals surface area contributed by atoms with Crippen LogP contribution in [0.4, 0.5) is 0 Å². The second-order valence-electron chi connectivity index (χ2n) is 3.35. The van der Waals surface area contributed by atoms with Crippen LogP contribution in [0.1, 0.15) is 27.7 Å². The van der Waals surface area contributed by atoms with E-state index in [-0.39, 0.29) is 5.60 Å². The van der Waals surface area contributed by atoms with Crippen molar-refractivity contribution in [1.82, 2.24) is 0 Å². The van der Waals surface area contributed by atoms with Crippen molar-refractivity contribution in [2.45, 2.75) is 39.6 Å². The number of ether oxygens (including phenoxy) is 1. The minimum Gasteiger partial charge on any atom is -0.347 e. The van der Waals surface area contributed by atoms with Crippen molar-refractivity contribution in [3.63, 3.8) is 0 Å². The largest absolute Gasteiger partial charge is 0.347 e. The van der Waals surface area contributed by atoms with Crippen molar-refractivity contribution < 1.29 is 14.5 Å². The Balaban J connectivity index is 3.65. The molecule has 0 saturated carbocycles. The molecular weight excluding hydrogens is 156 g/mol. The number of rotatable bonds is 5. The van der Waals surface area contributed by atoms with Gasteiger partial charge in [-0.25, -0.2) is 4.89 Å². The topological polar surface area (TPSA) is 27.7 Å². The van der Waals surface area contributed by atoms with Gasteiger partial charge in [0, 0.05) is 6.61 Å². The van der Waals surface area contributed by atoms with Crippen molar-refractivity contribution in [2.75, 3.05) is 6.61 Å². The van der Waals surface area contributed by atoms with E-state index < -0.39 is 6.29 Å². The van der Waals surface area contributed by atoms with Crippen molar-refractivity contribution >= 4 is 0 Å². The highest BCUT2D eigenvalue weighted by atomic mass is 17.2. The van der Waals surface area contributed by atoms with Gasteiger partial charge in [-0.15, -0.1) is 0 Å². The lowest BCUT2D eigenvalue weighted by Crippen LogP contribution is -2.24. The number of hydrogen-bond acceptors (Lipinski definition) is 3. The molecule has 0 aliphatic rings. The Bertz CT molecular complexity index is 126. The lowest BCUT2D eigenvalue weighted by Gasteiger charge is -2.20. The highest BCUT2D eigenvalue weighted by molar-refractivity contribution is 4.70. The first-order chi connectivity index (χ1) is 5.49. The van der Waals surface area contributed by atoms with Gasteiger partial charge in [-0.1, -0.05) is 6.58 Å². The first-order valence-corrected chi connectivity index (χ1v) is 4.08. The molecule has 3 heteroatoms. The summed E-state index contributed by atoms with van der Waals surface area (Å²) in [5, 5.41) is 0. The van der Waals surface area contributed by atoms with E-state index in [1.165, 1.54) is 0 Å². The fourth-order valence-corrected chi connectivity index (χ4v) is 0.491. The van der Waals surface area contributed by atoms with E-state index in [0.717, 1.165) is 0 Å². The first kappa shape index (κ1) is 11.6. The smallest absolute Gasteiger partial charge is 0.210 e. The summed E-state index contributed by atoms with van der Waals surface area (Å²) in [4.78, 5) is 9.99. The van der Waals surface area contributed by atoms with E-state index in [1.807, 2.05) is 27.7 Å². The molecule has 0 heterocycles. The van der Waals surface area contributed by atoms with Crippen LogP contribution in [-0.2, 0) is 14.5 Å². The molecule has 0 rings (SSSR count). The molecule has 0 aliphatic heterocycles. The van der Waals surface area contributed by atoms with Crippen LogP contribution in [0, 0.1) is 0 Å². The summed E-state index contributed by atoms with van der Waals surface area (Å²) in [5.41, 5.74) is -0.321. The third-order valence-corrected chi connectivity index (χ3v) is 0.916. The molecule has 72 valence electrons. The molecular formula is C9H18O3. The van der Waals surface area contributed by atoms with Crippen LogP contribution in [0.2, 0.25) is 0 Å². The Morgan fingerprint density at radius 1 is 1.42 bits per heavy atom. The molecule has 0 radical (unpaired) electrons. The Kier molecular flexibility index (Phi) is 5.13. The van der Waals surface area contributed by atoms with Gasteiger partial charge in [-0.3, -0.25) is 0 Å². The number of hydrogen-bond donors (Lipinski definition) is 0. The zero-order valence-electron chi connectivity index (χ0n) is 8.29. The van der Waals surface area contributed by atoms with E-state index in [4.69, 9.17) is 14.5 Å². The molecule has 0 fully saturated rings. The molecule has 1 atom stereocenters. The average molecular weight is 174 g/mol. The van der Waals surface area contributed by atoms with Crippen LogP contribution < -0.4 is 0 Å². The van der Waals surface area contributed by atoms with Gasteiger partial charge >= 0.3 is 0 Å². The minimum absolute atomic E-state index is 0.321. The SMILES string of the molecule is C=CC(OCC)OOC(C)(C)C. The summed E-state index contributed by atoms with van der Waals surface area (Å²) >= 11 is 0. The molecule has 12 heavy (non-hydrogen) atoms. The fourth-order valence-electron chi connectivity index (χ4n) is 0.491. The molecule has 0 aliphatic carbocycles. The van der Waals surface area contributed by atoms with Crippen LogP contribution in [0.3, 0.4) is 0 Å². The predicted octanol–water partition coefficient (Wildman–Crippen LogP) is 2.28. The molecule has 0 spiro atoms. The van der Waals surface area contributed by atoms with Gasteiger partial charge in [0.2, 0.25) is 6.29 Å². The van der Waals surface area contributed by atoms with Crippen LogP contribution in [0.5, 0.6) is 0 Å². The molecule has 0 aromatic carbocycles. The van der Waals surface area contributed by atoms with Crippen LogP contribution >= 0.6 is 0 Å². The quantitative estimate of drug-likeness (QED) is 0.277. The van der Waals surface area contributed by atoms with Gasteiger partial charge in [0.1, 0.15) is 0 Å². The van der Waals surface area contributed by atoms with E-state index in [2.05, 4.69) is 6.58 Å². The van der Waals surface area contributed by atoms with Gasteiger partial charge < -0.3 is 4.74 Å². The lowest BCUT2D eigenvalue weighted by molar-refractivity contribution is -0.403. The normalized spacial score (nSPS) is 14.3. The standard InChI is InChI=1S/C9H18O3/c1-6-8(10-7-2)11-12-9(3,4)5/h6,8H,1,7H2,2-5H3. The molecule has 0 aromatic heterocycles. The van der Waals surface area contributed by atoms with Gasteiger partial charge in [0.15, 0.2) is 0 Å². The molecule has 0 aromatic rings. The molecule has 3 nitrogen and oxygen atoms in total. The maximum absolute atomic E-state index is 5.12. The van der Waals surface area contributed by atoms with Crippen molar-refractivity contribution in [3.05, 3.63) is 12.7 Å². The average Bonchev–Trinajstić information content (AvgIpc) is 1.96. The maximum atomic E-state index is 5.12. The summed E-state index contributed by atoms with van der Waals surface area (Å²) < 4.78 is 5.12. The van der Waals surface area contributed by atoms with Gasteiger partial charge in [-0.05, 0) is 33.8 Å². The van der Waals surface area contributed by atoms with E-state index >= 15 is 0 Å². The zero-order valence-corrected chi connectivity index (χ0v) is 8.29. The predicted molar refractivity (Wildman–Crippen MR) is 47.5 cm³/mol. The molecule has 0 bridgehead atoms. The van der Waals surface area contributed by atoms with Crippen LogP contribution in [0.25, 0.3) is 0 Å². The molecule has 0 saturated heterocycles. The Morgan fingerprint density at radius 2 is 2.00 bits per heavy atom. The summed E-state index contributed by atoms with van der Waals surface area (Å²) in [6.45, 7) is 11.7. The van der Waals surface area contributed by atoms with Gasteiger partial charge in [-0.2, -0.15) is 4.89 Å². The molecule has 0 amide bonds. The highest BCUT2D eigenvalue weighted by Crippen LogP contribution is 2.09. The highest BCUT2D eigenvalue weighted by Gasteiger charge is 2.14. The van der Waals surface area contributed by atoms with Crippen LogP contribution in [-0.4, -0.2) is 18.5 Å². The molecule has 0 N–H and O–H groups in total. The van der Waals surface area contributed by atoms with E-state index in [0.29, 0.717) is 6.61 Å². The van der Waals surface area contributed by atoms with Crippen molar-refractivity contribution in [3.8, 4) is 0 Å². The minimum atomic E-state index is -0.478. The Hall–Kier alpha value is -0.380. The van der Waals surface area contributed by atoms with Crippen molar-refractivity contribution in [1.29, 1.82) is 0 Å². The second-order valence-corrected chi connectivity index (χ2v) is 3.35. The summed E-state index contributed by atoms with van der Waals surface area (Å²) in [6.07, 6.45) is 1.07. The summed E-state index contributed by atoms with van der Waals surface area (Å²) in [7, 11) is 0. The van der Waals surface area contributed by atoms with Crippen LogP contribution in [0.15, 0.2) is 12.7 Å².